The number of aromatic nitrogens is 1. The normalized spacial score (nSPS) is 13.1. The van der Waals surface area contributed by atoms with Gasteiger partial charge in [0, 0.05) is 11.4 Å². The summed E-state index contributed by atoms with van der Waals surface area (Å²) < 4.78 is 0. The Balaban J connectivity index is 2.83. The second-order valence-electron chi connectivity index (χ2n) is 4.56. The van der Waals surface area contributed by atoms with Crippen LogP contribution in [-0.4, -0.2) is 4.98 Å². The van der Waals surface area contributed by atoms with Crippen molar-refractivity contribution in [1.29, 1.82) is 0 Å². The highest BCUT2D eigenvalue weighted by molar-refractivity contribution is 5.85. The topological polar surface area (TPSA) is 38.9 Å². The van der Waals surface area contributed by atoms with Gasteiger partial charge < -0.3 is 5.73 Å². The van der Waals surface area contributed by atoms with E-state index in [2.05, 4.69) is 44.0 Å². The van der Waals surface area contributed by atoms with Crippen molar-refractivity contribution in [2.24, 2.45) is 5.73 Å². The Labute approximate surface area is 96.5 Å². The minimum absolute atomic E-state index is 0.0111. The Hall–Kier alpha value is -1.41. The molecule has 0 aliphatic heterocycles. The molecule has 2 N–H and O–H groups in total. The summed E-state index contributed by atoms with van der Waals surface area (Å²) in [5.41, 5.74) is 11.7. The van der Waals surface area contributed by atoms with Crippen molar-refractivity contribution in [3.05, 3.63) is 40.6 Å². The third-order valence-corrected chi connectivity index (χ3v) is 3.20. The maximum atomic E-state index is 5.90. The minimum Gasteiger partial charge on any atom is -0.323 e. The Morgan fingerprint density at radius 1 is 1.12 bits per heavy atom. The molecule has 0 saturated heterocycles. The monoisotopic (exact) mass is 214 g/mol. The third-order valence-electron chi connectivity index (χ3n) is 3.20. The van der Waals surface area contributed by atoms with E-state index in [1.54, 1.807) is 0 Å². The van der Waals surface area contributed by atoms with Crippen LogP contribution in [0, 0.1) is 20.8 Å². The molecule has 2 nitrogen and oxygen atoms in total. The minimum atomic E-state index is -0.0111. The molecule has 0 bridgehead atoms. The van der Waals surface area contributed by atoms with E-state index in [4.69, 9.17) is 5.73 Å². The second kappa shape index (κ2) is 3.87. The average molecular weight is 214 g/mol. The van der Waals surface area contributed by atoms with Gasteiger partial charge in [0.2, 0.25) is 0 Å². The van der Waals surface area contributed by atoms with Crippen LogP contribution in [0.15, 0.2) is 18.2 Å². The van der Waals surface area contributed by atoms with Crippen LogP contribution in [0.25, 0.3) is 10.9 Å². The maximum Gasteiger partial charge on any atom is 0.0740 e. The number of rotatable bonds is 1. The van der Waals surface area contributed by atoms with Crippen LogP contribution in [0.5, 0.6) is 0 Å². The van der Waals surface area contributed by atoms with Gasteiger partial charge in [0.25, 0.3) is 0 Å². The van der Waals surface area contributed by atoms with Gasteiger partial charge >= 0.3 is 0 Å². The lowest BCUT2D eigenvalue weighted by Gasteiger charge is -2.12. The van der Waals surface area contributed by atoms with Crippen molar-refractivity contribution in [1.82, 2.24) is 4.98 Å². The number of benzene rings is 1. The summed E-state index contributed by atoms with van der Waals surface area (Å²) in [6.07, 6.45) is 0. The van der Waals surface area contributed by atoms with Crippen LogP contribution >= 0.6 is 0 Å². The van der Waals surface area contributed by atoms with Crippen LogP contribution in [0.1, 0.15) is 35.3 Å². The number of pyridine rings is 1. The molecule has 16 heavy (non-hydrogen) atoms. The number of nitrogens with two attached hydrogens (primary N) is 1. The molecule has 2 aromatic rings. The molecule has 1 atom stereocenters. The summed E-state index contributed by atoms with van der Waals surface area (Å²) in [4.78, 5) is 4.67. The molecule has 1 aromatic heterocycles. The summed E-state index contributed by atoms with van der Waals surface area (Å²) in [5, 5.41) is 1.23. The first-order valence-corrected chi connectivity index (χ1v) is 5.63. The zero-order chi connectivity index (χ0) is 11.9. The molecule has 0 saturated carbocycles. The van der Waals surface area contributed by atoms with Crippen molar-refractivity contribution in [2.45, 2.75) is 33.7 Å². The van der Waals surface area contributed by atoms with Gasteiger partial charge in [-0.3, -0.25) is 4.98 Å². The lowest BCUT2D eigenvalue weighted by molar-refractivity contribution is 0.785. The van der Waals surface area contributed by atoms with E-state index in [0.29, 0.717) is 0 Å². The Morgan fingerprint density at radius 2 is 1.81 bits per heavy atom. The molecule has 1 heterocycles. The number of aryl methyl sites for hydroxylation is 3. The highest BCUT2D eigenvalue weighted by Gasteiger charge is 2.08. The van der Waals surface area contributed by atoms with Crippen molar-refractivity contribution < 1.29 is 0 Å². The van der Waals surface area contributed by atoms with Crippen LogP contribution in [0.2, 0.25) is 0 Å². The van der Waals surface area contributed by atoms with Gasteiger partial charge in [-0.1, -0.05) is 12.1 Å². The molecule has 1 unspecified atom stereocenters. The molecule has 2 rings (SSSR count). The maximum absolute atomic E-state index is 5.90. The summed E-state index contributed by atoms with van der Waals surface area (Å²) in [7, 11) is 0. The molecule has 0 spiro atoms. The van der Waals surface area contributed by atoms with Crippen LogP contribution < -0.4 is 5.73 Å². The molecule has 0 aliphatic rings. The van der Waals surface area contributed by atoms with Crippen LogP contribution in [0.4, 0.5) is 0 Å². The first-order valence-electron chi connectivity index (χ1n) is 5.63. The standard InChI is InChI=1S/C14H18N2/c1-8-5-6-12-9(2)7-13(11(4)15)16-14(12)10(8)3/h5-7,11H,15H2,1-4H3. The number of hydrogen-bond acceptors (Lipinski definition) is 2. The summed E-state index contributed by atoms with van der Waals surface area (Å²) in [5.74, 6) is 0. The predicted molar refractivity (Wildman–Crippen MR) is 68.6 cm³/mol. The Kier molecular flexibility index (Phi) is 2.68. The fourth-order valence-corrected chi connectivity index (χ4v) is 1.96. The molecular weight excluding hydrogens is 196 g/mol. The average Bonchev–Trinajstić information content (AvgIpc) is 2.23. The SMILES string of the molecule is Cc1ccc2c(C)cc(C(C)N)nc2c1C. The Morgan fingerprint density at radius 3 is 2.44 bits per heavy atom. The van der Waals surface area contributed by atoms with E-state index in [0.717, 1.165) is 11.2 Å². The van der Waals surface area contributed by atoms with Crippen molar-refractivity contribution in [3.63, 3.8) is 0 Å². The molecule has 1 aromatic carbocycles. The second-order valence-corrected chi connectivity index (χ2v) is 4.56. The highest BCUT2D eigenvalue weighted by Crippen LogP contribution is 2.24. The first kappa shape index (κ1) is 11.1. The molecular formula is C14H18N2. The molecule has 2 heteroatoms. The number of nitrogens with zero attached hydrogens (tertiary/aromatic N) is 1. The largest absolute Gasteiger partial charge is 0.323 e. The van der Waals surface area contributed by atoms with Crippen LogP contribution in [0.3, 0.4) is 0 Å². The molecule has 0 aliphatic carbocycles. The van der Waals surface area contributed by atoms with Crippen molar-refractivity contribution in [2.75, 3.05) is 0 Å². The van der Waals surface area contributed by atoms with Crippen LogP contribution in [-0.2, 0) is 0 Å². The van der Waals surface area contributed by atoms with E-state index in [1.165, 1.54) is 22.1 Å². The van der Waals surface area contributed by atoms with E-state index < -0.39 is 0 Å². The van der Waals surface area contributed by atoms with Crippen molar-refractivity contribution in [3.8, 4) is 0 Å². The van der Waals surface area contributed by atoms with E-state index in [-0.39, 0.29) is 6.04 Å². The fraction of sp³-hybridized carbons (Fsp3) is 0.357. The molecule has 0 fully saturated rings. The zero-order valence-corrected chi connectivity index (χ0v) is 10.3. The number of hydrogen-bond donors (Lipinski definition) is 1. The van der Waals surface area contributed by atoms with Gasteiger partial charge in [-0.15, -0.1) is 0 Å². The lowest BCUT2D eigenvalue weighted by Crippen LogP contribution is -2.08. The van der Waals surface area contributed by atoms with Crippen molar-refractivity contribution >= 4 is 10.9 Å². The zero-order valence-electron chi connectivity index (χ0n) is 10.3. The molecule has 0 amide bonds. The highest BCUT2D eigenvalue weighted by atomic mass is 14.8. The molecule has 84 valence electrons. The predicted octanol–water partition coefficient (Wildman–Crippen LogP) is 3.18. The third kappa shape index (κ3) is 1.69. The quantitative estimate of drug-likeness (QED) is 0.791. The fourth-order valence-electron chi connectivity index (χ4n) is 1.96. The van der Waals surface area contributed by atoms with Gasteiger partial charge in [-0.05, 0) is 50.5 Å². The van der Waals surface area contributed by atoms with Gasteiger partial charge in [-0.25, -0.2) is 0 Å². The first-order chi connectivity index (χ1) is 7.50. The Bertz CT molecular complexity index is 542. The van der Waals surface area contributed by atoms with Gasteiger partial charge in [0.1, 0.15) is 0 Å². The summed E-state index contributed by atoms with van der Waals surface area (Å²) in [6.45, 7) is 8.32. The van der Waals surface area contributed by atoms with E-state index in [1.807, 2.05) is 6.92 Å². The van der Waals surface area contributed by atoms with E-state index in [9.17, 15) is 0 Å². The smallest absolute Gasteiger partial charge is 0.0740 e. The summed E-state index contributed by atoms with van der Waals surface area (Å²) >= 11 is 0. The molecule has 0 radical (unpaired) electrons. The van der Waals surface area contributed by atoms with Gasteiger partial charge in [0.05, 0.1) is 11.2 Å². The summed E-state index contributed by atoms with van der Waals surface area (Å²) in [6, 6.07) is 6.37. The van der Waals surface area contributed by atoms with E-state index >= 15 is 0 Å². The number of fused-ring (bicyclic) bond motifs is 1. The van der Waals surface area contributed by atoms with Gasteiger partial charge in [-0.2, -0.15) is 0 Å². The van der Waals surface area contributed by atoms with Gasteiger partial charge in [0.15, 0.2) is 0 Å². The lowest BCUT2D eigenvalue weighted by atomic mass is 10.0.